The van der Waals surface area contributed by atoms with Crippen molar-refractivity contribution in [2.24, 2.45) is 5.92 Å². The molecular formula is C49H58FN7O5Si. The highest BCUT2D eigenvalue weighted by molar-refractivity contribution is 6.72. The Morgan fingerprint density at radius 3 is 1.75 bits per heavy atom. The maximum Gasteiger partial charge on any atom is 0.264 e. The van der Waals surface area contributed by atoms with Gasteiger partial charge >= 0.3 is 0 Å². The van der Waals surface area contributed by atoms with Crippen molar-refractivity contribution >= 4 is 54.6 Å². The van der Waals surface area contributed by atoms with E-state index in [1.807, 2.05) is 108 Å². The number of aliphatic hydroxyl groups is 1. The summed E-state index contributed by atoms with van der Waals surface area (Å²) in [6.07, 6.45) is 2.24. The van der Waals surface area contributed by atoms with Crippen molar-refractivity contribution in [1.29, 1.82) is 0 Å². The summed E-state index contributed by atoms with van der Waals surface area (Å²) in [7, 11) is -3.46. The molecule has 330 valence electrons. The molecule has 3 N–H and O–H groups in total. The summed E-state index contributed by atoms with van der Waals surface area (Å²) in [6, 6.07) is 33.8. The average molecular weight is 872 g/mol. The monoisotopic (exact) mass is 871 g/mol. The van der Waals surface area contributed by atoms with E-state index >= 15 is 8.90 Å². The van der Waals surface area contributed by atoms with Crippen LogP contribution < -0.4 is 35.1 Å². The number of ether oxygens (including phenoxy) is 1. The summed E-state index contributed by atoms with van der Waals surface area (Å²) >= 11 is 0. The average Bonchev–Trinajstić information content (AvgIpc) is 3.93. The predicted molar refractivity (Wildman–Crippen MR) is 246 cm³/mol. The number of carbonyl (C=O) groups excluding carboxylic acids is 3. The van der Waals surface area contributed by atoms with E-state index in [-0.39, 0.29) is 37.3 Å². The number of carbonyl (C=O) groups is 3. The van der Waals surface area contributed by atoms with E-state index in [0.717, 1.165) is 48.8 Å². The van der Waals surface area contributed by atoms with Gasteiger partial charge in [-0.05, 0) is 132 Å². The van der Waals surface area contributed by atoms with E-state index in [4.69, 9.17) is 4.74 Å². The SMILES string of the molecule is C[C@H]1[C@H]([Si](C)(C)F)[C@@H](CCO)O[C@]12C(=O)N(Cc1cccc(N3CN(c4ccccc4)C4(CCNCC4)C3=O)c1)c1ccc(N3CN(c4ccccc4)C4(CCNCC4)C3=O)cc12. The van der Waals surface area contributed by atoms with Crippen LogP contribution in [-0.4, -0.2) is 94.5 Å². The number of benzene rings is 4. The molecule has 0 aromatic heterocycles. The van der Waals surface area contributed by atoms with Gasteiger partial charge < -0.3 is 39.3 Å². The first-order valence-corrected chi connectivity index (χ1v) is 25.6. The number of amides is 3. The number of anilines is 5. The van der Waals surface area contributed by atoms with Crippen LogP contribution in [0.2, 0.25) is 18.6 Å². The largest absolute Gasteiger partial charge is 0.396 e. The second kappa shape index (κ2) is 15.8. The highest BCUT2D eigenvalue weighted by atomic mass is 28.4. The molecule has 6 aliphatic rings. The van der Waals surface area contributed by atoms with Gasteiger partial charge in [0.1, 0.15) is 11.1 Å². The van der Waals surface area contributed by atoms with Crippen LogP contribution in [0.1, 0.15) is 50.2 Å². The van der Waals surface area contributed by atoms with Crippen LogP contribution in [0.3, 0.4) is 0 Å². The Hall–Kier alpha value is -5.12. The summed E-state index contributed by atoms with van der Waals surface area (Å²) in [5.41, 5.74) is 1.99. The molecule has 4 aromatic rings. The van der Waals surface area contributed by atoms with Crippen LogP contribution in [0.5, 0.6) is 0 Å². The number of nitrogens with zero attached hydrogens (tertiary/aromatic N) is 5. The molecule has 12 nitrogen and oxygen atoms in total. The maximum atomic E-state index is 16.5. The molecule has 5 saturated heterocycles. The lowest BCUT2D eigenvalue weighted by Gasteiger charge is -2.39. The van der Waals surface area contributed by atoms with Crippen LogP contribution in [0.15, 0.2) is 103 Å². The Morgan fingerprint density at radius 2 is 1.22 bits per heavy atom. The van der Waals surface area contributed by atoms with Gasteiger partial charge in [0, 0.05) is 46.4 Å². The molecule has 4 aromatic carbocycles. The van der Waals surface area contributed by atoms with Gasteiger partial charge in [0.05, 0.1) is 31.7 Å². The lowest BCUT2D eigenvalue weighted by atomic mass is 9.82. The molecule has 5 fully saturated rings. The predicted octanol–water partition coefficient (Wildman–Crippen LogP) is 6.26. The summed E-state index contributed by atoms with van der Waals surface area (Å²) in [5.74, 6) is -0.760. The molecule has 6 heterocycles. The normalized spacial score (nSPS) is 26.6. The van der Waals surface area contributed by atoms with Gasteiger partial charge in [0.25, 0.3) is 17.7 Å². The van der Waals surface area contributed by atoms with Gasteiger partial charge in [0.2, 0.25) is 8.41 Å². The molecule has 3 amide bonds. The third-order valence-corrected chi connectivity index (χ3v) is 17.6. The molecule has 3 spiro atoms. The van der Waals surface area contributed by atoms with Gasteiger partial charge in [-0.1, -0.05) is 55.5 Å². The van der Waals surface area contributed by atoms with Crippen LogP contribution in [-0.2, 0) is 31.3 Å². The number of fused-ring (bicyclic) bond motifs is 2. The minimum Gasteiger partial charge on any atom is -0.396 e. The lowest BCUT2D eigenvalue weighted by Crippen LogP contribution is -2.55. The van der Waals surface area contributed by atoms with Gasteiger partial charge in [-0.3, -0.25) is 24.2 Å². The van der Waals surface area contributed by atoms with Crippen LogP contribution >= 0.6 is 0 Å². The molecule has 0 bridgehead atoms. The van der Waals surface area contributed by atoms with Crippen molar-refractivity contribution in [3.05, 3.63) is 114 Å². The highest BCUT2D eigenvalue weighted by Gasteiger charge is 2.67. The quantitative estimate of drug-likeness (QED) is 0.132. The van der Waals surface area contributed by atoms with Crippen molar-refractivity contribution in [3.63, 3.8) is 0 Å². The van der Waals surface area contributed by atoms with Crippen molar-refractivity contribution < 1.29 is 28.3 Å². The zero-order valence-corrected chi connectivity index (χ0v) is 37.4. The Labute approximate surface area is 370 Å². The van der Waals surface area contributed by atoms with E-state index in [9.17, 15) is 14.7 Å². The van der Waals surface area contributed by atoms with Gasteiger partial charge in [-0.15, -0.1) is 0 Å². The Kier molecular flexibility index (Phi) is 10.5. The van der Waals surface area contributed by atoms with Crippen molar-refractivity contribution in [2.75, 3.05) is 70.6 Å². The van der Waals surface area contributed by atoms with Crippen molar-refractivity contribution in [1.82, 2.24) is 10.6 Å². The Morgan fingerprint density at radius 1 is 0.698 bits per heavy atom. The third kappa shape index (κ3) is 6.54. The zero-order valence-electron chi connectivity index (χ0n) is 36.4. The molecule has 10 rings (SSSR count). The molecule has 4 atom stereocenters. The third-order valence-electron chi connectivity index (χ3n) is 15.1. The fourth-order valence-corrected chi connectivity index (χ4v) is 14.6. The fourth-order valence-electron chi connectivity index (χ4n) is 12.1. The number of aliphatic hydroxyl groups excluding tert-OH is 1. The number of para-hydroxylation sites is 2. The van der Waals surface area contributed by atoms with E-state index in [0.29, 0.717) is 56.0 Å². The number of hydrogen-bond acceptors (Lipinski definition) is 9. The van der Waals surface area contributed by atoms with E-state index in [2.05, 4.69) is 32.6 Å². The van der Waals surface area contributed by atoms with Crippen molar-refractivity contribution in [2.45, 2.75) is 87.0 Å². The first kappa shape index (κ1) is 41.9. The van der Waals surface area contributed by atoms with E-state index < -0.39 is 42.6 Å². The summed E-state index contributed by atoms with van der Waals surface area (Å²) in [5, 5.41) is 17.1. The van der Waals surface area contributed by atoms with Gasteiger partial charge in [0.15, 0.2) is 5.60 Å². The summed E-state index contributed by atoms with van der Waals surface area (Å²) in [6.45, 7) is 8.91. The first-order chi connectivity index (χ1) is 30.4. The number of halogens is 1. The molecule has 0 aliphatic carbocycles. The molecule has 0 saturated carbocycles. The minimum atomic E-state index is -3.46. The maximum absolute atomic E-state index is 16.5. The molecule has 14 heteroatoms. The van der Waals surface area contributed by atoms with Gasteiger partial charge in [-0.25, -0.2) is 0 Å². The topological polar surface area (TPSA) is 121 Å². The molecule has 6 aliphatic heterocycles. The standard InChI is InChI=1S/C49H58FN7O5Si/c1-34-43(63(2,3)50)42(19-28-58)62-49(34)40-30-39(55-33-57(37-14-8-5-9-15-37)48(45(55)60)22-26-52-27-23-48)17-18-41(40)53(46(49)61)31-35-11-10-16-38(29-35)54-32-56(36-12-6-4-7-13-36)47(44(54)59)20-24-51-25-21-47/h4-18,29-30,34,42-43,51-52,58H,19-28,31-33H2,1-3H3/t34-,42+,43-,49+/m0/s1. The highest BCUT2D eigenvalue weighted by Crippen LogP contribution is 2.61. The fraction of sp³-hybridized carbons (Fsp3) is 0.449. The Balaban J connectivity index is 1.03. The number of hydrogen-bond donors (Lipinski definition) is 3. The summed E-state index contributed by atoms with van der Waals surface area (Å²) < 4.78 is 23.5. The van der Waals surface area contributed by atoms with Gasteiger partial charge in [-0.2, -0.15) is 0 Å². The van der Waals surface area contributed by atoms with Crippen LogP contribution in [0, 0.1) is 5.92 Å². The first-order valence-electron chi connectivity index (χ1n) is 22.7. The minimum absolute atomic E-state index is 0.0159. The lowest BCUT2D eigenvalue weighted by molar-refractivity contribution is -0.146. The molecular weight excluding hydrogens is 814 g/mol. The zero-order chi connectivity index (χ0) is 43.7. The number of piperidine rings is 2. The number of nitrogens with one attached hydrogen (secondary N) is 2. The van der Waals surface area contributed by atoms with Crippen LogP contribution in [0.25, 0.3) is 0 Å². The molecule has 0 radical (unpaired) electrons. The summed E-state index contributed by atoms with van der Waals surface area (Å²) in [4.78, 5) is 54.8. The second-order valence-corrected chi connectivity index (χ2v) is 22.7. The molecule has 63 heavy (non-hydrogen) atoms. The van der Waals surface area contributed by atoms with E-state index in [1.54, 1.807) is 18.0 Å². The second-order valence-electron chi connectivity index (χ2n) is 18.9. The van der Waals surface area contributed by atoms with E-state index in [1.165, 1.54) is 0 Å². The van der Waals surface area contributed by atoms with Crippen molar-refractivity contribution in [3.8, 4) is 0 Å². The van der Waals surface area contributed by atoms with Crippen LogP contribution in [0.4, 0.5) is 32.5 Å². The Bertz CT molecular complexity index is 2390. The smallest absolute Gasteiger partial charge is 0.264 e. The molecule has 0 unspecified atom stereocenters. The number of rotatable bonds is 9.